The highest BCUT2D eigenvalue weighted by Crippen LogP contribution is 2.12. The van der Waals surface area contributed by atoms with Crippen LogP contribution in [0, 0.1) is 0 Å². The van der Waals surface area contributed by atoms with Crippen LogP contribution in [0.5, 0.6) is 0 Å². The summed E-state index contributed by atoms with van der Waals surface area (Å²) in [5.74, 6) is -0.258. The first-order chi connectivity index (χ1) is 7.00. The van der Waals surface area contributed by atoms with Gasteiger partial charge in [0.1, 0.15) is 0 Å². The molecule has 1 aromatic carbocycles. The highest BCUT2D eigenvalue weighted by Gasteiger charge is 2.11. The molecule has 0 heterocycles. The van der Waals surface area contributed by atoms with Crippen molar-refractivity contribution in [3.05, 3.63) is 29.8 Å². The second-order valence-electron chi connectivity index (χ2n) is 3.24. The van der Waals surface area contributed by atoms with Crippen LogP contribution in [-0.4, -0.2) is 17.1 Å². The van der Waals surface area contributed by atoms with Crippen molar-refractivity contribution >= 4 is 29.0 Å². The Morgan fingerprint density at radius 3 is 2.20 bits per heavy atom. The lowest BCUT2D eigenvalue weighted by Crippen LogP contribution is -2.11. The number of carbonyl (C=O) groups excluding carboxylic acids is 2. The van der Waals surface area contributed by atoms with Crippen molar-refractivity contribution in [2.75, 3.05) is 5.32 Å². The number of carbonyl (C=O) groups is 2. The fourth-order valence-electron chi connectivity index (χ4n) is 1.15. The first-order valence-corrected chi connectivity index (χ1v) is 5.00. The number of amides is 1. The minimum Gasteiger partial charge on any atom is -0.326 e. The SMILES string of the molecule is CC(=O)Nc1ccc(C(=O)[C@H](C)Cl)cc1. The fourth-order valence-corrected chi connectivity index (χ4v) is 1.28. The molecule has 0 saturated heterocycles. The van der Waals surface area contributed by atoms with Gasteiger partial charge in [-0.25, -0.2) is 0 Å². The zero-order valence-electron chi connectivity index (χ0n) is 8.58. The molecule has 0 aliphatic heterocycles. The van der Waals surface area contributed by atoms with E-state index in [9.17, 15) is 9.59 Å². The summed E-state index contributed by atoms with van der Waals surface area (Å²) >= 11 is 5.67. The Morgan fingerprint density at radius 2 is 1.80 bits per heavy atom. The van der Waals surface area contributed by atoms with Crippen molar-refractivity contribution in [1.82, 2.24) is 0 Å². The topological polar surface area (TPSA) is 46.2 Å². The van der Waals surface area contributed by atoms with Gasteiger partial charge in [-0.1, -0.05) is 0 Å². The van der Waals surface area contributed by atoms with Crippen LogP contribution in [0.1, 0.15) is 24.2 Å². The Labute approximate surface area is 93.4 Å². The van der Waals surface area contributed by atoms with Crippen molar-refractivity contribution in [2.45, 2.75) is 19.2 Å². The van der Waals surface area contributed by atoms with Crippen LogP contribution in [0.3, 0.4) is 0 Å². The van der Waals surface area contributed by atoms with Gasteiger partial charge in [-0.05, 0) is 31.2 Å². The second-order valence-corrected chi connectivity index (χ2v) is 3.89. The zero-order valence-corrected chi connectivity index (χ0v) is 9.34. The Balaban J connectivity index is 2.81. The average molecular weight is 226 g/mol. The highest BCUT2D eigenvalue weighted by molar-refractivity contribution is 6.33. The molecular weight excluding hydrogens is 214 g/mol. The molecule has 4 heteroatoms. The molecule has 0 fully saturated rings. The summed E-state index contributed by atoms with van der Waals surface area (Å²) in [5, 5.41) is 2.09. The first kappa shape index (κ1) is 11.7. The zero-order chi connectivity index (χ0) is 11.4. The van der Waals surface area contributed by atoms with Crippen molar-refractivity contribution < 1.29 is 9.59 Å². The maximum Gasteiger partial charge on any atom is 0.221 e. The van der Waals surface area contributed by atoms with Crippen LogP contribution in [0.2, 0.25) is 0 Å². The highest BCUT2D eigenvalue weighted by atomic mass is 35.5. The van der Waals surface area contributed by atoms with Crippen LogP contribution in [0.4, 0.5) is 5.69 Å². The monoisotopic (exact) mass is 225 g/mol. The minimum atomic E-state index is -0.531. The third-order valence-electron chi connectivity index (χ3n) is 1.85. The summed E-state index contributed by atoms with van der Waals surface area (Å²) in [4.78, 5) is 22.2. The lowest BCUT2D eigenvalue weighted by atomic mass is 10.1. The third kappa shape index (κ3) is 3.36. The number of hydrogen-bond donors (Lipinski definition) is 1. The largest absolute Gasteiger partial charge is 0.326 e. The van der Waals surface area contributed by atoms with E-state index in [1.165, 1.54) is 6.92 Å². The molecule has 80 valence electrons. The van der Waals surface area contributed by atoms with Gasteiger partial charge >= 0.3 is 0 Å². The van der Waals surface area contributed by atoms with Gasteiger partial charge in [-0.2, -0.15) is 0 Å². The number of benzene rings is 1. The number of nitrogens with one attached hydrogen (secondary N) is 1. The number of rotatable bonds is 3. The first-order valence-electron chi connectivity index (χ1n) is 4.56. The van der Waals surface area contributed by atoms with Gasteiger partial charge < -0.3 is 5.32 Å². The number of anilines is 1. The quantitative estimate of drug-likeness (QED) is 0.635. The predicted octanol–water partition coefficient (Wildman–Crippen LogP) is 2.46. The average Bonchev–Trinajstić information content (AvgIpc) is 2.17. The number of Topliss-reactive ketones (excluding diaryl/α,β-unsaturated/α-hetero) is 1. The van der Waals surface area contributed by atoms with Crippen molar-refractivity contribution in [1.29, 1.82) is 0 Å². The van der Waals surface area contributed by atoms with Gasteiger partial charge in [-0.3, -0.25) is 9.59 Å². The molecular formula is C11H12ClNO2. The molecule has 0 spiro atoms. The Hall–Kier alpha value is -1.35. The molecule has 0 unspecified atom stereocenters. The smallest absolute Gasteiger partial charge is 0.221 e. The van der Waals surface area contributed by atoms with Crippen molar-refractivity contribution in [3.8, 4) is 0 Å². The number of ketones is 1. The van der Waals surface area contributed by atoms with Gasteiger partial charge in [-0.15, -0.1) is 11.6 Å². The maximum absolute atomic E-state index is 11.5. The maximum atomic E-state index is 11.5. The molecule has 1 N–H and O–H groups in total. The molecule has 1 amide bonds. The number of halogens is 1. The molecule has 0 radical (unpaired) electrons. The molecule has 1 rings (SSSR count). The van der Waals surface area contributed by atoms with E-state index in [2.05, 4.69) is 5.32 Å². The van der Waals surface area contributed by atoms with E-state index >= 15 is 0 Å². The van der Waals surface area contributed by atoms with Gasteiger partial charge in [0.15, 0.2) is 5.78 Å². The van der Waals surface area contributed by atoms with Crippen LogP contribution < -0.4 is 5.32 Å². The van der Waals surface area contributed by atoms with E-state index in [0.29, 0.717) is 11.3 Å². The van der Waals surface area contributed by atoms with E-state index in [1.54, 1.807) is 31.2 Å². The molecule has 0 aliphatic carbocycles. The van der Waals surface area contributed by atoms with Crippen molar-refractivity contribution in [3.63, 3.8) is 0 Å². The Kier molecular flexibility index (Phi) is 3.86. The normalized spacial score (nSPS) is 11.9. The van der Waals surface area contributed by atoms with E-state index in [-0.39, 0.29) is 11.7 Å². The molecule has 0 aliphatic rings. The molecule has 3 nitrogen and oxygen atoms in total. The van der Waals surface area contributed by atoms with E-state index in [0.717, 1.165) is 0 Å². The lowest BCUT2D eigenvalue weighted by Gasteiger charge is -2.04. The number of hydrogen-bond acceptors (Lipinski definition) is 2. The molecule has 1 atom stereocenters. The Morgan fingerprint density at radius 1 is 1.27 bits per heavy atom. The van der Waals surface area contributed by atoms with Crippen LogP contribution in [0.25, 0.3) is 0 Å². The van der Waals surface area contributed by atoms with Crippen LogP contribution in [0.15, 0.2) is 24.3 Å². The third-order valence-corrected chi connectivity index (χ3v) is 2.05. The summed E-state index contributed by atoms with van der Waals surface area (Å²) < 4.78 is 0. The molecule has 0 saturated carbocycles. The van der Waals surface area contributed by atoms with Gasteiger partial charge in [0.2, 0.25) is 5.91 Å². The summed E-state index contributed by atoms with van der Waals surface area (Å²) in [6.45, 7) is 3.06. The molecule has 1 aromatic rings. The molecule has 0 aromatic heterocycles. The van der Waals surface area contributed by atoms with Crippen molar-refractivity contribution in [2.24, 2.45) is 0 Å². The number of alkyl halides is 1. The fraction of sp³-hybridized carbons (Fsp3) is 0.273. The summed E-state index contributed by atoms with van der Waals surface area (Å²) in [5.41, 5.74) is 1.22. The van der Waals surface area contributed by atoms with Crippen LogP contribution in [-0.2, 0) is 4.79 Å². The summed E-state index contributed by atoms with van der Waals surface area (Å²) in [6, 6.07) is 6.64. The van der Waals surface area contributed by atoms with Gasteiger partial charge in [0, 0.05) is 18.2 Å². The van der Waals surface area contributed by atoms with Gasteiger partial charge in [0.05, 0.1) is 5.38 Å². The van der Waals surface area contributed by atoms with Crippen LogP contribution >= 0.6 is 11.6 Å². The summed E-state index contributed by atoms with van der Waals surface area (Å²) in [7, 11) is 0. The van der Waals surface area contributed by atoms with E-state index in [1.807, 2.05) is 0 Å². The molecule has 0 bridgehead atoms. The Bertz CT molecular complexity index is 371. The predicted molar refractivity (Wildman–Crippen MR) is 60.4 cm³/mol. The molecule has 15 heavy (non-hydrogen) atoms. The minimum absolute atomic E-state index is 0.119. The van der Waals surface area contributed by atoms with E-state index in [4.69, 9.17) is 11.6 Å². The second kappa shape index (κ2) is 4.94. The van der Waals surface area contributed by atoms with E-state index < -0.39 is 5.38 Å². The van der Waals surface area contributed by atoms with Gasteiger partial charge in [0.25, 0.3) is 0 Å². The lowest BCUT2D eigenvalue weighted by molar-refractivity contribution is -0.114. The standard InChI is InChI=1S/C11H12ClNO2/c1-7(12)11(15)9-3-5-10(6-4-9)13-8(2)14/h3-7H,1-2H3,(H,13,14)/t7-/m0/s1. The summed E-state index contributed by atoms with van der Waals surface area (Å²) in [6.07, 6.45) is 0.